The minimum absolute atomic E-state index is 0.302. The van der Waals surface area contributed by atoms with Gasteiger partial charge in [0.1, 0.15) is 17.9 Å². The van der Waals surface area contributed by atoms with Gasteiger partial charge in [0.15, 0.2) is 5.76 Å². The molecule has 3 aromatic carbocycles. The van der Waals surface area contributed by atoms with Crippen LogP contribution in [0.15, 0.2) is 99.8 Å². The van der Waals surface area contributed by atoms with E-state index < -0.39 is 0 Å². The van der Waals surface area contributed by atoms with Crippen molar-refractivity contribution in [3.05, 3.63) is 106 Å². The fourth-order valence-corrected chi connectivity index (χ4v) is 3.71. The summed E-state index contributed by atoms with van der Waals surface area (Å²) in [5, 5.41) is 6.25. The number of hydrogen-bond acceptors (Lipinski definition) is 5. The van der Waals surface area contributed by atoms with Crippen LogP contribution in [0.5, 0.6) is 5.75 Å². The number of halogens is 1. The van der Waals surface area contributed by atoms with Crippen LogP contribution in [0, 0.1) is 0 Å². The normalized spacial score (nSPS) is 11.4. The average Bonchev–Trinajstić information content (AvgIpc) is 3.27. The first-order chi connectivity index (χ1) is 16.1. The van der Waals surface area contributed by atoms with Gasteiger partial charge in [-0.15, -0.1) is 0 Å². The monoisotopic (exact) mass is 455 g/mol. The fourth-order valence-electron chi connectivity index (χ4n) is 3.47. The highest BCUT2D eigenvalue weighted by Crippen LogP contribution is 2.27. The number of rotatable bonds is 6. The molecule has 0 aliphatic carbocycles. The van der Waals surface area contributed by atoms with E-state index in [0.29, 0.717) is 51.0 Å². The highest BCUT2D eigenvalue weighted by atomic mass is 35.5. The first kappa shape index (κ1) is 20.7. The van der Waals surface area contributed by atoms with Gasteiger partial charge in [0.05, 0.1) is 22.1 Å². The molecule has 2 aromatic heterocycles. The predicted molar refractivity (Wildman–Crippen MR) is 131 cm³/mol. The second-order valence-corrected chi connectivity index (χ2v) is 7.66. The Bertz CT molecular complexity index is 1550. The third kappa shape index (κ3) is 4.04. The van der Waals surface area contributed by atoms with Crippen LogP contribution in [0.25, 0.3) is 33.5 Å². The maximum absolute atomic E-state index is 13.3. The first-order valence-corrected chi connectivity index (χ1v) is 10.6. The average molecular weight is 456 g/mol. The second-order valence-electron chi connectivity index (χ2n) is 7.25. The molecule has 2 heterocycles. The number of nitrogens with zero attached hydrogens (tertiary/aromatic N) is 3. The van der Waals surface area contributed by atoms with Gasteiger partial charge in [0, 0.05) is 5.39 Å². The van der Waals surface area contributed by atoms with E-state index in [9.17, 15) is 4.79 Å². The van der Waals surface area contributed by atoms with Crippen molar-refractivity contribution < 1.29 is 9.15 Å². The molecule has 5 aromatic rings. The van der Waals surface area contributed by atoms with Gasteiger partial charge >= 0.3 is 0 Å². The van der Waals surface area contributed by atoms with Crippen molar-refractivity contribution in [3.63, 3.8) is 0 Å². The molecule has 0 N–H and O–H groups in total. The van der Waals surface area contributed by atoms with Crippen molar-refractivity contribution in [2.75, 3.05) is 6.61 Å². The Morgan fingerprint density at radius 3 is 2.73 bits per heavy atom. The second kappa shape index (κ2) is 8.76. The third-order valence-electron chi connectivity index (χ3n) is 5.03. The minimum Gasteiger partial charge on any atom is -0.488 e. The number of furan rings is 1. The summed E-state index contributed by atoms with van der Waals surface area (Å²) in [6.45, 7) is 3.98. The lowest BCUT2D eigenvalue weighted by molar-refractivity contribution is 0.363. The Morgan fingerprint density at radius 2 is 1.91 bits per heavy atom. The van der Waals surface area contributed by atoms with Crippen LogP contribution in [-0.4, -0.2) is 22.5 Å². The SMILES string of the molecule is C=CCOc1ccc(C=Nn2c(-c3cc4ccccc4o3)nc3ccccc3c2=O)cc1Cl. The van der Waals surface area contributed by atoms with Gasteiger partial charge in [-0.25, -0.2) is 4.98 Å². The van der Waals surface area contributed by atoms with Gasteiger partial charge in [-0.3, -0.25) is 4.79 Å². The smallest absolute Gasteiger partial charge is 0.282 e. The molecule has 0 saturated heterocycles. The van der Waals surface area contributed by atoms with Crippen molar-refractivity contribution in [1.82, 2.24) is 9.66 Å². The number of fused-ring (bicyclic) bond motifs is 2. The molecule has 5 rings (SSSR count). The fraction of sp³-hybridized carbons (Fsp3) is 0.0385. The summed E-state index contributed by atoms with van der Waals surface area (Å²) in [5.41, 5.74) is 1.66. The molecule has 162 valence electrons. The lowest BCUT2D eigenvalue weighted by Crippen LogP contribution is -2.20. The summed E-state index contributed by atoms with van der Waals surface area (Å²) >= 11 is 6.31. The van der Waals surface area contributed by atoms with Crippen LogP contribution in [-0.2, 0) is 0 Å². The quantitative estimate of drug-likeness (QED) is 0.236. The number of hydrogen-bond donors (Lipinski definition) is 0. The molecule has 0 fully saturated rings. The van der Waals surface area contributed by atoms with E-state index in [1.54, 1.807) is 48.7 Å². The molecule has 0 saturated carbocycles. The van der Waals surface area contributed by atoms with Crippen molar-refractivity contribution in [2.24, 2.45) is 5.10 Å². The van der Waals surface area contributed by atoms with Gasteiger partial charge in [-0.05, 0) is 48.0 Å². The predicted octanol–water partition coefficient (Wildman–Crippen LogP) is 5.91. The molecule has 0 unspecified atom stereocenters. The van der Waals surface area contributed by atoms with E-state index in [-0.39, 0.29) is 5.56 Å². The van der Waals surface area contributed by atoms with E-state index in [1.807, 2.05) is 36.4 Å². The molecule has 0 aliphatic rings. The Morgan fingerprint density at radius 1 is 1.09 bits per heavy atom. The van der Waals surface area contributed by atoms with Crippen LogP contribution in [0.2, 0.25) is 5.02 Å². The zero-order valence-corrected chi connectivity index (χ0v) is 18.2. The molecule has 0 spiro atoms. The van der Waals surface area contributed by atoms with Gasteiger partial charge in [0.25, 0.3) is 5.56 Å². The van der Waals surface area contributed by atoms with E-state index in [2.05, 4.69) is 16.7 Å². The minimum atomic E-state index is -0.302. The molecule has 0 amide bonds. The van der Waals surface area contributed by atoms with Gasteiger partial charge in [0.2, 0.25) is 5.82 Å². The molecule has 33 heavy (non-hydrogen) atoms. The topological polar surface area (TPSA) is 69.6 Å². The van der Waals surface area contributed by atoms with E-state index in [1.165, 1.54) is 4.68 Å². The molecule has 6 nitrogen and oxygen atoms in total. The van der Waals surface area contributed by atoms with E-state index >= 15 is 0 Å². The number of para-hydroxylation sites is 2. The molecule has 0 bridgehead atoms. The van der Waals surface area contributed by atoms with Crippen molar-refractivity contribution in [3.8, 4) is 17.3 Å². The lowest BCUT2D eigenvalue weighted by Gasteiger charge is -2.08. The zero-order chi connectivity index (χ0) is 22.8. The van der Waals surface area contributed by atoms with Gasteiger partial charge in [-0.2, -0.15) is 9.78 Å². The zero-order valence-electron chi connectivity index (χ0n) is 17.4. The Kier molecular flexibility index (Phi) is 5.50. The number of ether oxygens (including phenoxy) is 1. The van der Waals surface area contributed by atoms with Crippen LogP contribution >= 0.6 is 11.6 Å². The highest BCUT2D eigenvalue weighted by Gasteiger charge is 2.16. The molecular weight excluding hydrogens is 438 g/mol. The van der Waals surface area contributed by atoms with E-state index in [0.717, 1.165) is 5.39 Å². The van der Waals surface area contributed by atoms with Crippen LogP contribution in [0.4, 0.5) is 0 Å². The van der Waals surface area contributed by atoms with Crippen molar-refractivity contribution in [2.45, 2.75) is 0 Å². The summed E-state index contributed by atoms with van der Waals surface area (Å²) in [7, 11) is 0. The first-order valence-electron chi connectivity index (χ1n) is 10.2. The molecule has 0 aliphatic heterocycles. The third-order valence-corrected chi connectivity index (χ3v) is 5.33. The number of aromatic nitrogens is 2. The van der Waals surface area contributed by atoms with Crippen molar-refractivity contribution >= 4 is 39.7 Å². The van der Waals surface area contributed by atoms with Crippen LogP contribution in [0.3, 0.4) is 0 Å². The summed E-state index contributed by atoms with van der Waals surface area (Å²) in [6, 6.07) is 21.9. The van der Waals surface area contributed by atoms with Gasteiger partial charge < -0.3 is 9.15 Å². The molecule has 0 radical (unpaired) electrons. The van der Waals surface area contributed by atoms with Gasteiger partial charge in [-0.1, -0.05) is 54.6 Å². The lowest BCUT2D eigenvalue weighted by atomic mass is 10.2. The van der Waals surface area contributed by atoms with Crippen LogP contribution in [0.1, 0.15) is 5.56 Å². The Labute approximate surface area is 194 Å². The molecular formula is C26H18ClN3O3. The molecule has 0 atom stereocenters. The maximum atomic E-state index is 13.3. The summed E-state index contributed by atoms with van der Waals surface area (Å²) < 4.78 is 12.7. The molecule has 7 heteroatoms. The largest absolute Gasteiger partial charge is 0.488 e. The highest BCUT2D eigenvalue weighted by molar-refractivity contribution is 6.32. The Balaban J connectivity index is 1.63. The summed E-state index contributed by atoms with van der Waals surface area (Å²) in [5.74, 6) is 1.30. The summed E-state index contributed by atoms with van der Waals surface area (Å²) in [6.07, 6.45) is 3.19. The standard InChI is InChI=1S/C26H18ClN3O3/c1-2-13-32-23-12-11-17(14-20(23)27)16-28-30-25(24-15-18-7-3-6-10-22(18)33-24)29-21-9-5-4-8-19(21)26(30)31/h2-12,14-16H,1,13H2. The maximum Gasteiger partial charge on any atom is 0.282 e. The Hall–Kier alpha value is -4.16. The van der Waals surface area contributed by atoms with Crippen LogP contribution < -0.4 is 10.3 Å². The summed E-state index contributed by atoms with van der Waals surface area (Å²) in [4.78, 5) is 18.0. The van der Waals surface area contributed by atoms with E-state index in [4.69, 9.17) is 20.8 Å². The number of benzene rings is 3. The van der Waals surface area contributed by atoms with Crippen molar-refractivity contribution in [1.29, 1.82) is 0 Å².